The quantitative estimate of drug-likeness (QED) is 0.862. The summed E-state index contributed by atoms with van der Waals surface area (Å²) in [6.07, 6.45) is 1.22. The van der Waals surface area contributed by atoms with Crippen LogP contribution in [0.5, 0.6) is 0 Å². The van der Waals surface area contributed by atoms with E-state index >= 15 is 0 Å². The number of nitrogens with zero attached hydrogens (tertiary/aromatic N) is 1. The predicted molar refractivity (Wildman–Crippen MR) is 84.5 cm³/mol. The van der Waals surface area contributed by atoms with E-state index in [9.17, 15) is 8.42 Å². The van der Waals surface area contributed by atoms with E-state index in [0.29, 0.717) is 10.8 Å². The Morgan fingerprint density at radius 1 is 1.24 bits per heavy atom. The molecule has 0 bridgehead atoms. The van der Waals surface area contributed by atoms with E-state index < -0.39 is 9.84 Å². The van der Waals surface area contributed by atoms with Crippen LogP contribution in [0.4, 0.5) is 5.69 Å². The maximum atomic E-state index is 11.4. The van der Waals surface area contributed by atoms with Crippen LogP contribution in [0.2, 0.25) is 0 Å². The molecular formula is C15H24N2O3S. The molecule has 2 rings (SSSR count). The summed E-state index contributed by atoms with van der Waals surface area (Å²) >= 11 is 0. The molecule has 118 valence electrons. The molecule has 6 heteroatoms. The SMILES string of the molecule is CC(CNc1ccc(S(C)(=O)=O)cc1)CN1CCOCC1. The fraction of sp³-hybridized carbons (Fsp3) is 0.600. The molecule has 1 saturated heterocycles. The molecule has 0 saturated carbocycles. The molecular weight excluding hydrogens is 288 g/mol. The second kappa shape index (κ2) is 7.24. The van der Waals surface area contributed by atoms with Crippen molar-refractivity contribution in [3.63, 3.8) is 0 Å². The summed E-state index contributed by atoms with van der Waals surface area (Å²) in [6, 6.07) is 6.92. The molecule has 5 nitrogen and oxygen atoms in total. The minimum absolute atomic E-state index is 0.356. The average Bonchev–Trinajstić information content (AvgIpc) is 2.46. The van der Waals surface area contributed by atoms with Crippen molar-refractivity contribution in [3.8, 4) is 0 Å². The fourth-order valence-electron chi connectivity index (χ4n) is 2.40. The summed E-state index contributed by atoms with van der Waals surface area (Å²) in [7, 11) is -3.12. The minimum Gasteiger partial charge on any atom is -0.385 e. The zero-order valence-corrected chi connectivity index (χ0v) is 13.5. The fourth-order valence-corrected chi connectivity index (χ4v) is 3.03. The van der Waals surface area contributed by atoms with Gasteiger partial charge in [0.05, 0.1) is 18.1 Å². The zero-order chi connectivity index (χ0) is 15.3. The average molecular weight is 312 g/mol. The third-order valence-corrected chi connectivity index (χ3v) is 4.74. The van der Waals surface area contributed by atoms with Crippen LogP contribution >= 0.6 is 0 Å². The van der Waals surface area contributed by atoms with Gasteiger partial charge in [-0.25, -0.2) is 8.42 Å². The molecule has 0 radical (unpaired) electrons. The van der Waals surface area contributed by atoms with Gasteiger partial charge in [-0.2, -0.15) is 0 Å². The molecule has 0 amide bonds. The molecule has 1 aliphatic rings. The largest absolute Gasteiger partial charge is 0.385 e. The molecule has 1 unspecified atom stereocenters. The van der Waals surface area contributed by atoms with E-state index in [0.717, 1.165) is 45.1 Å². The Kier molecular flexibility index (Phi) is 5.61. The third kappa shape index (κ3) is 5.30. The van der Waals surface area contributed by atoms with Crippen LogP contribution in [-0.4, -0.2) is 59.0 Å². The van der Waals surface area contributed by atoms with Crippen LogP contribution in [0.15, 0.2) is 29.2 Å². The lowest BCUT2D eigenvalue weighted by Gasteiger charge is -2.29. The first-order valence-corrected chi connectivity index (χ1v) is 9.18. The molecule has 0 spiro atoms. The van der Waals surface area contributed by atoms with Crippen LogP contribution in [0.3, 0.4) is 0 Å². The first-order chi connectivity index (χ1) is 9.95. The van der Waals surface area contributed by atoms with Gasteiger partial charge >= 0.3 is 0 Å². The highest BCUT2D eigenvalue weighted by Gasteiger charge is 2.13. The van der Waals surface area contributed by atoms with Crippen molar-refractivity contribution in [1.29, 1.82) is 0 Å². The van der Waals surface area contributed by atoms with E-state index in [1.54, 1.807) is 12.1 Å². The Morgan fingerprint density at radius 2 is 1.86 bits per heavy atom. The van der Waals surface area contributed by atoms with Crippen LogP contribution in [-0.2, 0) is 14.6 Å². The summed E-state index contributed by atoms with van der Waals surface area (Å²) in [5.74, 6) is 0.526. The van der Waals surface area contributed by atoms with E-state index in [1.807, 2.05) is 12.1 Å². The van der Waals surface area contributed by atoms with Crippen molar-refractivity contribution in [2.75, 3.05) is 51.0 Å². The number of sulfone groups is 1. The van der Waals surface area contributed by atoms with Crippen molar-refractivity contribution < 1.29 is 13.2 Å². The number of ether oxygens (including phenoxy) is 1. The first kappa shape index (κ1) is 16.3. The minimum atomic E-state index is -3.12. The number of rotatable bonds is 6. The number of hydrogen-bond donors (Lipinski definition) is 1. The molecule has 1 fully saturated rings. The summed E-state index contributed by atoms with van der Waals surface area (Å²) in [5, 5.41) is 3.36. The molecule has 1 aromatic rings. The normalized spacial score (nSPS) is 18.4. The highest BCUT2D eigenvalue weighted by molar-refractivity contribution is 7.90. The Hall–Kier alpha value is -1.11. The van der Waals surface area contributed by atoms with Crippen LogP contribution < -0.4 is 5.32 Å². The second-order valence-electron chi connectivity index (χ2n) is 5.70. The van der Waals surface area contributed by atoms with Gasteiger partial charge in [0.25, 0.3) is 0 Å². The van der Waals surface area contributed by atoms with Gasteiger partial charge in [0.15, 0.2) is 9.84 Å². The van der Waals surface area contributed by atoms with Gasteiger partial charge in [0.2, 0.25) is 0 Å². The Balaban J connectivity index is 1.79. The topological polar surface area (TPSA) is 58.6 Å². The Labute approximate surface area is 127 Å². The van der Waals surface area contributed by atoms with Gasteiger partial charge in [0.1, 0.15) is 0 Å². The van der Waals surface area contributed by atoms with Crippen molar-refractivity contribution in [1.82, 2.24) is 4.90 Å². The molecule has 21 heavy (non-hydrogen) atoms. The van der Waals surface area contributed by atoms with Gasteiger partial charge in [-0.3, -0.25) is 4.90 Å². The molecule has 1 aliphatic heterocycles. The lowest BCUT2D eigenvalue weighted by Crippen LogP contribution is -2.40. The summed E-state index contributed by atoms with van der Waals surface area (Å²) in [4.78, 5) is 2.78. The third-order valence-electron chi connectivity index (χ3n) is 3.61. The summed E-state index contributed by atoms with van der Waals surface area (Å²) in [5.41, 5.74) is 0.955. The number of anilines is 1. The molecule has 1 heterocycles. The van der Waals surface area contributed by atoms with E-state index in [-0.39, 0.29) is 0 Å². The lowest BCUT2D eigenvalue weighted by molar-refractivity contribution is 0.0325. The zero-order valence-electron chi connectivity index (χ0n) is 12.7. The smallest absolute Gasteiger partial charge is 0.175 e. The number of nitrogens with one attached hydrogen (secondary N) is 1. The Bertz CT molecular complexity index is 537. The molecule has 0 aliphatic carbocycles. The van der Waals surface area contributed by atoms with Gasteiger partial charge in [-0.15, -0.1) is 0 Å². The first-order valence-electron chi connectivity index (χ1n) is 7.29. The predicted octanol–water partition coefficient (Wildman–Crippen LogP) is 1.47. The summed E-state index contributed by atoms with van der Waals surface area (Å²) < 4.78 is 28.1. The maximum Gasteiger partial charge on any atom is 0.175 e. The highest BCUT2D eigenvalue weighted by atomic mass is 32.2. The van der Waals surface area contributed by atoms with Crippen LogP contribution in [0, 0.1) is 5.92 Å². The van der Waals surface area contributed by atoms with Crippen molar-refractivity contribution in [2.45, 2.75) is 11.8 Å². The van der Waals surface area contributed by atoms with Gasteiger partial charge in [-0.1, -0.05) is 6.92 Å². The van der Waals surface area contributed by atoms with Crippen LogP contribution in [0.25, 0.3) is 0 Å². The monoisotopic (exact) mass is 312 g/mol. The summed E-state index contributed by atoms with van der Waals surface area (Å²) in [6.45, 7) is 7.81. The van der Waals surface area contributed by atoms with Crippen molar-refractivity contribution in [2.24, 2.45) is 5.92 Å². The lowest BCUT2D eigenvalue weighted by atomic mass is 10.1. The van der Waals surface area contributed by atoms with E-state index in [2.05, 4.69) is 17.1 Å². The second-order valence-corrected chi connectivity index (χ2v) is 7.71. The highest BCUT2D eigenvalue weighted by Crippen LogP contribution is 2.14. The Morgan fingerprint density at radius 3 is 2.43 bits per heavy atom. The van der Waals surface area contributed by atoms with Crippen LogP contribution in [0.1, 0.15) is 6.92 Å². The van der Waals surface area contributed by atoms with E-state index in [1.165, 1.54) is 6.26 Å². The van der Waals surface area contributed by atoms with Gasteiger partial charge < -0.3 is 10.1 Å². The number of morpholine rings is 1. The van der Waals surface area contributed by atoms with Gasteiger partial charge in [0, 0.05) is 38.1 Å². The molecule has 0 aromatic heterocycles. The number of benzene rings is 1. The maximum absolute atomic E-state index is 11.4. The van der Waals surface area contributed by atoms with Crippen molar-refractivity contribution in [3.05, 3.63) is 24.3 Å². The molecule has 1 aromatic carbocycles. The van der Waals surface area contributed by atoms with Crippen molar-refractivity contribution >= 4 is 15.5 Å². The molecule has 1 N–H and O–H groups in total. The standard InChI is InChI=1S/C15H24N2O3S/c1-13(12-17-7-9-20-10-8-17)11-16-14-3-5-15(6-4-14)21(2,18)19/h3-6,13,16H,7-12H2,1-2H3. The van der Waals surface area contributed by atoms with Gasteiger partial charge in [-0.05, 0) is 30.2 Å². The number of hydrogen-bond acceptors (Lipinski definition) is 5. The molecule has 1 atom stereocenters. The van der Waals surface area contributed by atoms with E-state index in [4.69, 9.17) is 4.74 Å².